The molecule has 34 heavy (non-hydrogen) atoms. The molecular weight excluding hydrogens is 502 g/mol. The van der Waals surface area contributed by atoms with Gasteiger partial charge in [0.25, 0.3) is 21.8 Å². The fourth-order valence-electron chi connectivity index (χ4n) is 2.89. The highest BCUT2D eigenvalue weighted by Crippen LogP contribution is 2.33. The Hall–Kier alpha value is -3.41. The number of ether oxygens (including phenoxy) is 1. The van der Waals surface area contributed by atoms with E-state index in [0.717, 1.165) is 12.0 Å². The Kier molecular flexibility index (Phi) is 7.60. The van der Waals surface area contributed by atoms with Crippen LogP contribution in [0.15, 0.2) is 53.4 Å². The zero-order valence-corrected chi connectivity index (χ0v) is 20.7. The number of amides is 3. The minimum Gasteiger partial charge on any atom is -0.453 e. The molecule has 0 spiro atoms. The van der Waals surface area contributed by atoms with E-state index >= 15 is 0 Å². The Labute approximate surface area is 205 Å². The highest BCUT2D eigenvalue weighted by molar-refractivity contribution is 7.92. The number of rotatable bonds is 6. The molecule has 2 aromatic carbocycles. The molecule has 0 fully saturated rings. The topological polar surface area (TPSA) is 131 Å². The van der Waals surface area contributed by atoms with Crippen LogP contribution in [-0.2, 0) is 14.8 Å². The van der Waals surface area contributed by atoms with Crippen molar-refractivity contribution >= 4 is 61.6 Å². The number of sulfonamides is 1. The summed E-state index contributed by atoms with van der Waals surface area (Å²) in [7, 11) is -2.70. The van der Waals surface area contributed by atoms with Crippen molar-refractivity contribution in [2.75, 3.05) is 17.1 Å². The quantitative estimate of drug-likeness (QED) is 0.435. The number of carbonyl (C=O) groups excluding carboxylic acids is 3. The van der Waals surface area contributed by atoms with Gasteiger partial charge in [-0.3, -0.25) is 19.6 Å². The maximum Gasteiger partial charge on any atom is 0.413 e. The summed E-state index contributed by atoms with van der Waals surface area (Å²) < 4.78 is 31.9. The predicted octanol–water partition coefficient (Wildman–Crippen LogP) is 4.57. The van der Waals surface area contributed by atoms with Crippen molar-refractivity contribution in [3.63, 3.8) is 0 Å². The first-order chi connectivity index (χ1) is 16.0. The molecule has 0 radical (unpaired) electrons. The van der Waals surface area contributed by atoms with Gasteiger partial charge in [-0.2, -0.15) is 0 Å². The molecule has 3 aromatic rings. The molecule has 0 unspecified atom stereocenters. The lowest BCUT2D eigenvalue weighted by molar-refractivity contribution is 0.0937. The van der Waals surface area contributed by atoms with Gasteiger partial charge in [0.2, 0.25) is 0 Å². The Morgan fingerprint density at radius 3 is 2.15 bits per heavy atom. The van der Waals surface area contributed by atoms with Gasteiger partial charge < -0.3 is 10.1 Å². The van der Waals surface area contributed by atoms with Gasteiger partial charge in [-0.05, 0) is 67.9 Å². The third-order valence-electron chi connectivity index (χ3n) is 4.76. The van der Waals surface area contributed by atoms with E-state index in [1.807, 2.05) is 0 Å². The minimum atomic E-state index is -3.83. The largest absolute Gasteiger partial charge is 0.453 e. The zero-order valence-electron chi connectivity index (χ0n) is 18.3. The summed E-state index contributed by atoms with van der Waals surface area (Å²) in [5.74, 6) is -1.21. The molecule has 3 rings (SSSR count). The van der Waals surface area contributed by atoms with Gasteiger partial charge in [-0.1, -0.05) is 11.6 Å². The monoisotopic (exact) mass is 521 g/mol. The molecule has 3 amide bonds. The van der Waals surface area contributed by atoms with Gasteiger partial charge in [0.1, 0.15) is 5.00 Å². The minimum absolute atomic E-state index is 0.0416. The van der Waals surface area contributed by atoms with Crippen molar-refractivity contribution < 1.29 is 27.5 Å². The standard InChI is InChI=1S/C22H20ClN3O6S2/c1-12-13(2)33-21(18(12)20(28)25-22(29)32-3)24-19(27)14-4-8-16(9-5-14)26-34(30,31)17-10-6-15(23)7-11-17/h4-11,26H,1-3H3,(H,24,27)(H,25,28,29). The number of hydrogen-bond donors (Lipinski definition) is 3. The first-order valence-corrected chi connectivity index (χ1v) is 12.4. The lowest BCUT2D eigenvalue weighted by atomic mass is 10.1. The van der Waals surface area contributed by atoms with Crippen LogP contribution in [0.4, 0.5) is 15.5 Å². The lowest BCUT2D eigenvalue weighted by Crippen LogP contribution is -2.31. The van der Waals surface area contributed by atoms with Gasteiger partial charge in [0, 0.05) is 21.2 Å². The Morgan fingerprint density at radius 2 is 1.56 bits per heavy atom. The van der Waals surface area contributed by atoms with Gasteiger partial charge in [0.15, 0.2) is 0 Å². The number of aryl methyl sites for hydroxylation is 1. The zero-order chi connectivity index (χ0) is 25.0. The molecule has 0 saturated heterocycles. The van der Waals surface area contributed by atoms with E-state index in [1.165, 1.54) is 59.9 Å². The summed E-state index contributed by atoms with van der Waals surface area (Å²) in [5.41, 5.74) is 1.27. The fraction of sp³-hybridized carbons (Fsp3) is 0.136. The second-order valence-corrected chi connectivity index (χ2v) is 10.4. The van der Waals surface area contributed by atoms with E-state index in [-0.39, 0.29) is 26.7 Å². The number of thiophene rings is 1. The molecule has 1 aromatic heterocycles. The molecule has 0 saturated carbocycles. The van der Waals surface area contributed by atoms with E-state index in [4.69, 9.17) is 11.6 Å². The summed E-state index contributed by atoms with van der Waals surface area (Å²) >= 11 is 6.99. The van der Waals surface area contributed by atoms with Crippen LogP contribution in [0.1, 0.15) is 31.2 Å². The first kappa shape index (κ1) is 25.2. The van der Waals surface area contributed by atoms with Crippen molar-refractivity contribution in [2.24, 2.45) is 0 Å². The smallest absolute Gasteiger partial charge is 0.413 e. The maximum atomic E-state index is 12.8. The molecule has 1 heterocycles. The Morgan fingerprint density at radius 1 is 0.941 bits per heavy atom. The summed E-state index contributed by atoms with van der Waals surface area (Å²) in [5, 5.41) is 5.44. The number of alkyl carbamates (subject to hydrolysis) is 1. The fourth-order valence-corrected chi connectivity index (χ4v) is 5.12. The Bertz CT molecular complexity index is 1350. The molecule has 0 aliphatic heterocycles. The van der Waals surface area contributed by atoms with E-state index in [1.54, 1.807) is 13.8 Å². The number of anilines is 2. The molecule has 178 valence electrons. The molecule has 0 bridgehead atoms. The normalized spacial score (nSPS) is 10.9. The van der Waals surface area contributed by atoms with Crippen LogP contribution >= 0.6 is 22.9 Å². The summed E-state index contributed by atoms with van der Waals surface area (Å²) in [6.45, 7) is 3.49. The molecule has 3 N–H and O–H groups in total. The SMILES string of the molecule is COC(=O)NC(=O)c1c(NC(=O)c2ccc(NS(=O)(=O)c3ccc(Cl)cc3)cc2)sc(C)c1C. The number of methoxy groups -OCH3 is 1. The first-order valence-electron chi connectivity index (χ1n) is 9.71. The molecule has 0 atom stereocenters. The van der Waals surface area contributed by atoms with Crippen molar-refractivity contribution in [1.29, 1.82) is 0 Å². The third kappa shape index (κ3) is 5.74. The van der Waals surface area contributed by atoms with E-state index in [9.17, 15) is 22.8 Å². The molecule has 0 aliphatic carbocycles. The highest BCUT2D eigenvalue weighted by Gasteiger charge is 2.23. The molecular formula is C22H20ClN3O6S2. The van der Waals surface area contributed by atoms with Crippen molar-refractivity contribution in [1.82, 2.24) is 5.32 Å². The molecule has 12 heteroatoms. The average molecular weight is 522 g/mol. The van der Waals surface area contributed by atoms with Crippen LogP contribution < -0.4 is 15.4 Å². The molecule has 9 nitrogen and oxygen atoms in total. The van der Waals surface area contributed by atoms with Gasteiger partial charge in [0.05, 0.1) is 17.6 Å². The number of nitrogens with one attached hydrogen (secondary N) is 3. The summed E-state index contributed by atoms with van der Waals surface area (Å²) in [6, 6.07) is 11.5. The number of hydrogen-bond acceptors (Lipinski definition) is 7. The van der Waals surface area contributed by atoms with E-state index in [2.05, 4.69) is 20.1 Å². The van der Waals surface area contributed by atoms with E-state index in [0.29, 0.717) is 10.6 Å². The van der Waals surface area contributed by atoms with E-state index < -0.39 is 27.9 Å². The second-order valence-electron chi connectivity index (χ2n) is 7.02. The molecule has 0 aliphatic rings. The van der Waals surface area contributed by atoms with Crippen LogP contribution in [0.5, 0.6) is 0 Å². The van der Waals surface area contributed by atoms with Crippen LogP contribution in [0, 0.1) is 13.8 Å². The number of benzene rings is 2. The van der Waals surface area contributed by atoms with Crippen LogP contribution in [-0.4, -0.2) is 33.4 Å². The van der Waals surface area contributed by atoms with Crippen LogP contribution in [0.25, 0.3) is 0 Å². The van der Waals surface area contributed by atoms with Crippen molar-refractivity contribution in [2.45, 2.75) is 18.7 Å². The Balaban J connectivity index is 1.76. The average Bonchev–Trinajstić information content (AvgIpc) is 3.07. The summed E-state index contributed by atoms with van der Waals surface area (Å²) in [6.07, 6.45) is -0.915. The number of carbonyl (C=O) groups is 3. The van der Waals surface area contributed by atoms with Crippen LogP contribution in [0.3, 0.4) is 0 Å². The lowest BCUT2D eigenvalue weighted by Gasteiger charge is -2.10. The van der Waals surface area contributed by atoms with Gasteiger partial charge in [-0.15, -0.1) is 11.3 Å². The number of halogens is 1. The van der Waals surface area contributed by atoms with Gasteiger partial charge in [-0.25, -0.2) is 13.2 Å². The van der Waals surface area contributed by atoms with Crippen molar-refractivity contribution in [3.8, 4) is 0 Å². The van der Waals surface area contributed by atoms with Crippen LogP contribution in [0.2, 0.25) is 5.02 Å². The van der Waals surface area contributed by atoms with Gasteiger partial charge >= 0.3 is 6.09 Å². The van der Waals surface area contributed by atoms with Crippen molar-refractivity contribution in [3.05, 3.63) is 75.1 Å². The highest BCUT2D eigenvalue weighted by atomic mass is 35.5. The maximum absolute atomic E-state index is 12.8. The summed E-state index contributed by atoms with van der Waals surface area (Å²) in [4.78, 5) is 37.5. The number of imide groups is 1. The predicted molar refractivity (Wildman–Crippen MR) is 130 cm³/mol. The second kappa shape index (κ2) is 10.2. The third-order valence-corrected chi connectivity index (χ3v) is 7.54.